The van der Waals surface area contributed by atoms with Crippen molar-refractivity contribution in [3.8, 4) is 6.01 Å². The first-order valence-corrected chi connectivity index (χ1v) is 7.95. The Labute approximate surface area is 136 Å². The van der Waals surface area contributed by atoms with Gasteiger partial charge in [-0.2, -0.15) is 4.98 Å². The van der Waals surface area contributed by atoms with Gasteiger partial charge >= 0.3 is 12.1 Å². The minimum absolute atomic E-state index is 0.206. The molecule has 2 unspecified atom stereocenters. The quantitative estimate of drug-likeness (QED) is 0.827. The molecule has 1 amide bonds. The maximum Gasteiger partial charge on any atom is 0.410 e. The summed E-state index contributed by atoms with van der Waals surface area (Å²) in [6, 6.07) is 2.28. The fraction of sp³-hybridized carbons (Fsp3) is 0.688. The molecule has 0 saturated carbocycles. The molecule has 1 aromatic rings. The van der Waals surface area contributed by atoms with Gasteiger partial charge in [0.25, 0.3) is 0 Å². The molecule has 2 atom stereocenters. The van der Waals surface area contributed by atoms with E-state index in [-0.39, 0.29) is 6.09 Å². The largest absolute Gasteiger partial charge is 0.467 e. The number of ether oxygens (including phenoxy) is 2. The number of likely N-dealkylation sites (tertiary alicyclic amines) is 1. The van der Waals surface area contributed by atoms with Gasteiger partial charge in [0, 0.05) is 44.2 Å². The van der Waals surface area contributed by atoms with Crippen molar-refractivity contribution in [3.05, 3.63) is 12.3 Å². The van der Waals surface area contributed by atoms with Crippen LogP contribution in [0.2, 0.25) is 0 Å². The molecule has 3 rings (SSSR count). The number of anilines is 1. The van der Waals surface area contributed by atoms with E-state index in [0.717, 1.165) is 32.0 Å². The van der Waals surface area contributed by atoms with E-state index < -0.39 is 5.60 Å². The molecule has 2 aliphatic heterocycles. The number of amides is 1. The Bertz CT molecular complexity index is 573. The van der Waals surface area contributed by atoms with Crippen LogP contribution in [-0.2, 0) is 4.74 Å². The smallest absolute Gasteiger partial charge is 0.410 e. The molecule has 0 radical (unpaired) electrons. The van der Waals surface area contributed by atoms with Gasteiger partial charge < -0.3 is 19.3 Å². The summed E-state index contributed by atoms with van der Waals surface area (Å²) in [7, 11) is 1.57. The first kappa shape index (κ1) is 15.8. The van der Waals surface area contributed by atoms with Crippen LogP contribution in [0.5, 0.6) is 6.01 Å². The number of hydrogen-bond acceptors (Lipinski definition) is 6. The highest BCUT2D eigenvalue weighted by Gasteiger charge is 2.43. The molecule has 7 nitrogen and oxygen atoms in total. The molecule has 1 aromatic heterocycles. The molecule has 0 aromatic carbocycles. The van der Waals surface area contributed by atoms with Crippen molar-refractivity contribution in [3.63, 3.8) is 0 Å². The van der Waals surface area contributed by atoms with Crippen LogP contribution in [0.3, 0.4) is 0 Å². The third-order valence-electron chi connectivity index (χ3n) is 4.26. The number of carbonyl (C=O) groups excluding carboxylic acids is 1. The number of aromatic nitrogens is 2. The second-order valence-electron chi connectivity index (χ2n) is 7.21. The Morgan fingerprint density at radius 2 is 1.87 bits per heavy atom. The zero-order valence-corrected chi connectivity index (χ0v) is 14.2. The van der Waals surface area contributed by atoms with E-state index in [2.05, 4.69) is 14.9 Å². The predicted molar refractivity (Wildman–Crippen MR) is 85.6 cm³/mol. The normalized spacial score (nSPS) is 23.8. The zero-order chi connectivity index (χ0) is 16.6. The molecule has 2 fully saturated rings. The van der Waals surface area contributed by atoms with Gasteiger partial charge in [0.1, 0.15) is 11.4 Å². The second-order valence-corrected chi connectivity index (χ2v) is 7.21. The fourth-order valence-corrected chi connectivity index (χ4v) is 3.26. The first-order chi connectivity index (χ1) is 10.9. The number of nitrogens with zero attached hydrogens (tertiary/aromatic N) is 4. The highest BCUT2D eigenvalue weighted by atomic mass is 16.6. The Morgan fingerprint density at radius 3 is 2.43 bits per heavy atom. The van der Waals surface area contributed by atoms with Gasteiger partial charge in [0.2, 0.25) is 0 Å². The van der Waals surface area contributed by atoms with Gasteiger partial charge in [-0.15, -0.1) is 0 Å². The molecule has 7 heteroatoms. The predicted octanol–water partition coefficient (Wildman–Crippen LogP) is 1.79. The average Bonchev–Trinajstić information content (AvgIpc) is 3.04. The summed E-state index contributed by atoms with van der Waals surface area (Å²) in [6.45, 7) is 8.97. The van der Waals surface area contributed by atoms with Gasteiger partial charge in [-0.3, -0.25) is 0 Å². The van der Waals surface area contributed by atoms with Crippen molar-refractivity contribution in [2.75, 3.05) is 38.2 Å². The summed E-state index contributed by atoms with van der Waals surface area (Å²) in [6.07, 6.45) is 1.50. The Kier molecular flexibility index (Phi) is 4.04. The van der Waals surface area contributed by atoms with E-state index in [0.29, 0.717) is 17.8 Å². The third-order valence-corrected chi connectivity index (χ3v) is 4.26. The van der Waals surface area contributed by atoms with Crippen molar-refractivity contribution in [2.45, 2.75) is 26.4 Å². The van der Waals surface area contributed by atoms with Crippen LogP contribution < -0.4 is 9.64 Å². The van der Waals surface area contributed by atoms with Crippen LogP contribution >= 0.6 is 0 Å². The summed E-state index contributed by atoms with van der Waals surface area (Å²) >= 11 is 0. The van der Waals surface area contributed by atoms with Crippen molar-refractivity contribution in [1.82, 2.24) is 14.9 Å². The molecular formula is C16H24N4O3. The number of hydrogen-bond donors (Lipinski definition) is 0. The third kappa shape index (κ3) is 3.48. The van der Waals surface area contributed by atoms with Crippen LogP contribution in [0.4, 0.5) is 10.6 Å². The van der Waals surface area contributed by atoms with E-state index in [4.69, 9.17) is 9.47 Å². The van der Waals surface area contributed by atoms with Crippen molar-refractivity contribution in [1.29, 1.82) is 0 Å². The van der Waals surface area contributed by atoms with E-state index >= 15 is 0 Å². The van der Waals surface area contributed by atoms with Crippen LogP contribution in [0.25, 0.3) is 0 Å². The number of methoxy groups -OCH3 is 1. The zero-order valence-electron chi connectivity index (χ0n) is 14.2. The lowest BCUT2D eigenvalue weighted by molar-refractivity contribution is 0.0282. The van der Waals surface area contributed by atoms with Crippen LogP contribution in [-0.4, -0.2) is 59.9 Å². The molecule has 2 aliphatic rings. The molecule has 2 saturated heterocycles. The Morgan fingerprint density at radius 1 is 1.22 bits per heavy atom. The lowest BCUT2D eigenvalue weighted by Gasteiger charge is -2.26. The van der Waals surface area contributed by atoms with Crippen molar-refractivity contribution in [2.24, 2.45) is 11.8 Å². The van der Waals surface area contributed by atoms with Crippen LogP contribution in [0, 0.1) is 11.8 Å². The summed E-state index contributed by atoms with van der Waals surface area (Å²) in [5.41, 5.74) is -0.446. The highest BCUT2D eigenvalue weighted by Crippen LogP contribution is 2.34. The molecule has 0 bridgehead atoms. The first-order valence-electron chi connectivity index (χ1n) is 7.95. The maximum absolute atomic E-state index is 12.2. The molecule has 3 heterocycles. The molecule has 126 valence electrons. The average molecular weight is 320 g/mol. The SMILES string of the molecule is COc1nccc(N2CC3CN(C(=O)OC(C)(C)C)CC3C2)n1. The van der Waals surface area contributed by atoms with Gasteiger partial charge in [-0.05, 0) is 26.8 Å². The summed E-state index contributed by atoms with van der Waals surface area (Å²) in [4.78, 5) is 24.7. The molecule has 0 N–H and O–H groups in total. The number of rotatable bonds is 2. The fourth-order valence-electron chi connectivity index (χ4n) is 3.26. The number of fused-ring (bicyclic) bond motifs is 1. The minimum Gasteiger partial charge on any atom is -0.467 e. The van der Waals surface area contributed by atoms with Crippen molar-refractivity contribution < 1.29 is 14.3 Å². The molecule has 0 aliphatic carbocycles. The van der Waals surface area contributed by atoms with E-state index in [1.807, 2.05) is 31.7 Å². The minimum atomic E-state index is -0.446. The van der Waals surface area contributed by atoms with E-state index in [9.17, 15) is 4.79 Å². The Balaban J connectivity index is 1.60. The summed E-state index contributed by atoms with van der Waals surface area (Å²) < 4.78 is 10.5. The second kappa shape index (κ2) is 5.86. The highest BCUT2D eigenvalue weighted by molar-refractivity contribution is 5.68. The lowest BCUT2D eigenvalue weighted by atomic mass is 10.0. The van der Waals surface area contributed by atoms with Gasteiger partial charge in [-0.25, -0.2) is 9.78 Å². The maximum atomic E-state index is 12.2. The molecule has 23 heavy (non-hydrogen) atoms. The van der Waals surface area contributed by atoms with E-state index in [1.165, 1.54) is 0 Å². The molecule has 0 spiro atoms. The number of carbonyl (C=O) groups is 1. The lowest BCUT2D eigenvalue weighted by Crippen LogP contribution is -2.37. The topological polar surface area (TPSA) is 67.8 Å². The van der Waals surface area contributed by atoms with Crippen LogP contribution in [0.15, 0.2) is 12.3 Å². The monoisotopic (exact) mass is 320 g/mol. The summed E-state index contributed by atoms with van der Waals surface area (Å²) in [5.74, 6) is 1.81. The summed E-state index contributed by atoms with van der Waals surface area (Å²) in [5, 5.41) is 0. The van der Waals surface area contributed by atoms with Crippen molar-refractivity contribution >= 4 is 11.9 Å². The Hall–Kier alpha value is -2.05. The standard InChI is InChI=1S/C16H24N4O3/c1-16(2,3)23-15(21)20-9-11-7-19(8-12(11)10-20)13-5-6-17-14(18-13)22-4/h5-6,11-12H,7-10H2,1-4H3. The van der Waals surface area contributed by atoms with Gasteiger partial charge in [0.15, 0.2) is 0 Å². The van der Waals surface area contributed by atoms with E-state index in [1.54, 1.807) is 13.3 Å². The molecular weight excluding hydrogens is 296 g/mol. The van der Waals surface area contributed by atoms with Gasteiger partial charge in [0.05, 0.1) is 7.11 Å². The van der Waals surface area contributed by atoms with Crippen LogP contribution in [0.1, 0.15) is 20.8 Å². The van der Waals surface area contributed by atoms with Gasteiger partial charge in [-0.1, -0.05) is 0 Å².